The Morgan fingerprint density at radius 3 is 2.52 bits per heavy atom. The van der Waals surface area contributed by atoms with Crippen molar-refractivity contribution in [2.45, 2.75) is 25.8 Å². The van der Waals surface area contributed by atoms with Crippen molar-refractivity contribution < 1.29 is 9.59 Å². The normalized spacial score (nSPS) is 11.9. The maximum Gasteiger partial charge on any atom is 0.251 e. The third kappa shape index (κ3) is 4.03. The number of benzene rings is 2. The number of carbonyl (C=O) groups is 2. The number of hydrogen-bond acceptors (Lipinski definition) is 3. The van der Waals surface area contributed by atoms with E-state index >= 15 is 0 Å². The molecule has 1 atom stereocenters. The Bertz CT molecular complexity index is 840. The molecule has 0 aliphatic heterocycles. The van der Waals surface area contributed by atoms with Gasteiger partial charge in [0.05, 0.1) is 11.0 Å². The molecule has 0 saturated carbocycles. The van der Waals surface area contributed by atoms with Gasteiger partial charge in [-0.2, -0.15) is 0 Å². The first-order valence-electron chi connectivity index (χ1n) is 8.29. The molecule has 1 unspecified atom stereocenters. The van der Waals surface area contributed by atoms with E-state index in [-0.39, 0.29) is 11.8 Å². The molecule has 2 amide bonds. The highest BCUT2D eigenvalue weighted by molar-refractivity contribution is 6.01. The summed E-state index contributed by atoms with van der Waals surface area (Å²) in [4.78, 5) is 32.3. The monoisotopic (exact) mass is 336 g/mol. The van der Waals surface area contributed by atoms with Crippen molar-refractivity contribution in [1.82, 2.24) is 15.3 Å². The van der Waals surface area contributed by atoms with Crippen LogP contribution in [0.3, 0.4) is 0 Å². The van der Waals surface area contributed by atoms with Gasteiger partial charge in [0.2, 0.25) is 11.9 Å². The number of para-hydroxylation sites is 2. The minimum Gasteiger partial charge on any atom is -0.340 e. The summed E-state index contributed by atoms with van der Waals surface area (Å²) in [6.45, 7) is 1.97. The molecule has 128 valence electrons. The summed E-state index contributed by atoms with van der Waals surface area (Å²) in [5.74, 6) is -0.176. The van der Waals surface area contributed by atoms with Crippen LogP contribution in [-0.2, 0) is 4.79 Å². The van der Waals surface area contributed by atoms with Crippen LogP contribution in [0.2, 0.25) is 0 Å². The largest absolute Gasteiger partial charge is 0.340 e. The van der Waals surface area contributed by atoms with Gasteiger partial charge in [-0.3, -0.25) is 14.9 Å². The average molecular weight is 336 g/mol. The lowest BCUT2D eigenvalue weighted by Crippen LogP contribution is -2.43. The second kappa shape index (κ2) is 7.61. The first kappa shape index (κ1) is 16.7. The van der Waals surface area contributed by atoms with E-state index in [0.717, 1.165) is 17.5 Å². The average Bonchev–Trinajstić information content (AvgIpc) is 3.04. The smallest absolute Gasteiger partial charge is 0.251 e. The van der Waals surface area contributed by atoms with Crippen molar-refractivity contribution in [1.29, 1.82) is 0 Å². The van der Waals surface area contributed by atoms with Crippen molar-refractivity contribution >= 4 is 28.8 Å². The molecule has 0 saturated heterocycles. The van der Waals surface area contributed by atoms with Crippen LogP contribution < -0.4 is 10.6 Å². The number of aromatic amines is 1. The molecule has 3 rings (SSSR count). The van der Waals surface area contributed by atoms with E-state index < -0.39 is 6.04 Å². The van der Waals surface area contributed by atoms with Crippen molar-refractivity contribution in [2.75, 3.05) is 5.32 Å². The maximum absolute atomic E-state index is 12.6. The lowest BCUT2D eigenvalue weighted by atomic mass is 10.1. The van der Waals surface area contributed by atoms with Crippen LogP contribution in [0.15, 0.2) is 54.6 Å². The van der Waals surface area contributed by atoms with Crippen LogP contribution in [0.1, 0.15) is 30.1 Å². The van der Waals surface area contributed by atoms with E-state index in [1.807, 2.05) is 37.3 Å². The second-order valence-corrected chi connectivity index (χ2v) is 5.77. The molecule has 2 aromatic carbocycles. The second-order valence-electron chi connectivity index (χ2n) is 5.77. The predicted molar refractivity (Wildman–Crippen MR) is 97.3 cm³/mol. The quantitative estimate of drug-likeness (QED) is 0.646. The third-order valence-corrected chi connectivity index (χ3v) is 3.87. The number of rotatable bonds is 6. The van der Waals surface area contributed by atoms with Crippen molar-refractivity contribution in [3.05, 3.63) is 60.2 Å². The Morgan fingerprint density at radius 2 is 1.80 bits per heavy atom. The van der Waals surface area contributed by atoms with E-state index in [4.69, 9.17) is 0 Å². The molecule has 1 aromatic heterocycles. The minimum atomic E-state index is -0.620. The van der Waals surface area contributed by atoms with Gasteiger partial charge in [-0.15, -0.1) is 0 Å². The number of fused-ring (bicyclic) bond motifs is 1. The molecule has 0 spiro atoms. The van der Waals surface area contributed by atoms with E-state index in [1.165, 1.54) is 0 Å². The molecule has 0 bridgehead atoms. The molecule has 0 aliphatic carbocycles. The summed E-state index contributed by atoms with van der Waals surface area (Å²) in [6.07, 6.45) is 1.32. The number of amides is 2. The molecule has 25 heavy (non-hydrogen) atoms. The SMILES string of the molecule is CCCC(NC(=O)c1ccccc1)C(=O)Nc1nc2ccccc2[nH]1. The number of aromatic nitrogens is 2. The van der Waals surface area contributed by atoms with Crippen molar-refractivity contribution in [3.8, 4) is 0 Å². The van der Waals surface area contributed by atoms with Gasteiger partial charge in [0.1, 0.15) is 6.04 Å². The lowest BCUT2D eigenvalue weighted by molar-refractivity contribution is -0.118. The highest BCUT2D eigenvalue weighted by Gasteiger charge is 2.21. The molecule has 3 aromatic rings. The zero-order chi connectivity index (χ0) is 17.6. The number of hydrogen-bond donors (Lipinski definition) is 3. The van der Waals surface area contributed by atoms with Gasteiger partial charge in [0.15, 0.2) is 0 Å². The van der Waals surface area contributed by atoms with Gasteiger partial charge in [-0.1, -0.05) is 43.7 Å². The number of nitrogens with one attached hydrogen (secondary N) is 3. The zero-order valence-corrected chi connectivity index (χ0v) is 14.0. The fourth-order valence-electron chi connectivity index (χ4n) is 2.60. The van der Waals surface area contributed by atoms with Gasteiger partial charge < -0.3 is 10.3 Å². The van der Waals surface area contributed by atoms with Gasteiger partial charge in [0, 0.05) is 5.56 Å². The number of nitrogens with zero attached hydrogens (tertiary/aromatic N) is 1. The summed E-state index contributed by atoms with van der Waals surface area (Å²) in [6, 6.07) is 15.8. The summed E-state index contributed by atoms with van der Waals surface area (Å²) >= 11 is 0. The highest BCUT2D eigenvalue weighted by Crippen LogP contribution is 2.14. The highest BCUT2D eigenvalue weighted by atomic mass is 16.2. The maximum atomic E-state index is 12.6. The van der Waals surface area contributed by atoms with Gasteiger partial charge >= 0.3 is 0 Å². The molecule has 1 heterocycles. The summed E-state index contributed by atoms with van der Waals surface area (Å²) in [5, 5.41) is 5.55. The standard InChI is InChI=1S/C19H20N4O2/c1-2-8-16(20-17(24)13-9-4-3-5-10-13)18(25)23-19-21-14-11-6-7-12-15(14)22-19/h3-7,9-12,16H,2,8H2,1H3,(H,20,24)(H2,21,22,23,25). The van der Waals surface area contributed by atoms with Gasteiger partial charge in [0.25, 0.3) is 5.91 Å². The molecule has 0 fully saturated rings. The molecule has 0 radical (unpaired) electrons. The summed E-state index contributed by atoms with van der Waals surface area (Å²) in [7, 11) is 0. The lowest BCUT2D eigenvalue weighted by Gasteiger charge is -2.17. The summed E-state index contributed by atoms with van der Waals surface area (Å²) < 4.78 is 0. The van der Waals surface area contributed by atoms with E-state index in [0.29, 0.717) is 17.9 Å². The Balaban J connectivity index is 1.70. The van der Waals surface area contributed by atoms with E-state index in [9.17, 15) is 9.59 Å². The molecule has 0 aliphatic rings. The summed E-state index contributed by atoms with van der Waals surface area (Å²) in [5.41, 5.74) is 2.15. The van der Waals surface area contributed by atoms with Gasteiger partial charge in [-0.25, -0.2) is 4.98 Å². The van der Waals surface area contributed by atoms with Crippen molar-refractivity contribution in [2.24, 2.45) is 0 Å². The number of imidazole rings is 1. The molecular weight excluding hydrogens is 316 g/mol. The Labute approximate surface area is 145 Å². The fraction of sp³-hybridized carbons (Fsp3) is 0.211. The van der Waals surface area contributed by atoms with Crippen LogP contribution in [-0.4, -0.2) is 27.8 Å². The Hall–Kier alpha value is -3.15. The van der Waals surface area contributed by atoms with Gasteiger partial charge in [-0.05, 0) is 30.7 Å². The first-order chi connectivity index (χ1) is 12.2. The molecular formula is C19H20N4O2. The van der Waals surface area contributed by atoms with E-state index in [1.54, 1.807) is 24.3 Å². The van der Waals surface area contributed by atoms with E-state index in [2.05, 4.69) is 20.6 Å². The first-order valence-corrected chi connectivity index (χ1v) is 8.29. The van der Waals surface area contributed by atoms with Crippen LogP contribution in [0, 0.1) is 0 Å². The molecule has 6 nitrogen and oxygen atoms in total. The fourth-order valence-corrected chi connectivity index (χ4v) is 2.60. The van der Waals surface area contributed by atoms with Crippen LogP contribution >= 0.6 is 0 Å². The van der Waals surface area contributed by atoms with Crippen LogP contribution in [0.5, 0.6) is 0 Å². The third-order valence-electron chi connectivity index (χ3n) is 3.87. The number of H-pyrrole nitrogens is 1. The number of anilines is 1. The molecule has 6 heteroatoms. The van der Waals surface area contributed by atoms with Crippen LogP contribution in [0.25, 0.3) is 11.0 Å². The Kier molecular flexibility index (Phi) is 5.09. The van der Waals surface area contributed by atoms with Crippen molar-refractivity contribution in [3.63, 3.8) is 0 Å². The topological polar surface area (TPSA) is 86.9 Å². The molecule has 3 N–H and O–H groups in total. The van der Waals surface area contributed by atoms with Crippen LogP contribution in [0.4, 0.5) is 5.95 Å². The predicted octanol–water partition coefficient (Wildman–Crippen LogP) is 3.10. The zero-order valence-electron chi connectivity index (χ0n) is 14.0. The minimum absolute atomic E-state index is 0.265. The Morgan fingerprint density at radius 1 is 1.08 bits per heavy atom. The number of carbonyl (C=O) groups excluding carboxylic acids is 2.